The molecule has 3 N–H and O–H groups in total. The third kappa shape index (κ3) is 7.82. The Morgan fingerprint density at radius 2 is 1.85 bits per heavy atom. The molecule has 6 nitrogen and oxygen atoms in total. The van der Waals surface area contributed by atoms with Crippen LogP contribution in [-0.2, 0) is 14.8 Å². The molecule has 0 aliphatic heterocycles. The molecule has 1 aromatic rings. The van der Waals surface area contributed by atoms with Crippen molar-refractivity contribution in [3.8, 4) is 0 Å². The van der Waals surface area contributed by atoms with Gasteiger partial charge in [-0.05, 0) is 37.2 Å². The van der Waals surface area contributed by atoms with Crippen LogP contribution in [0.25, 0.3) is 0 Å². The molecule has 0 heterocycles. The third-order valence-corrected chi connectivity index (χ3v) is 3.04. The van der Waals surface area contributed by atoms with E-state index in [1.165, 1.54) is 24.3 Å². The Labute approximate surface area is 117 Å². The molecule has 0 fully saturated rings. The van der Waals surface area contributed by atoms with Gasteiger partial charge in [0.1, 0.15) is 5.82 Å². The second-order valence-corrected chi connectivity index (χ2v) is 6.08. The van der Waals surface area contributed by atoms with Crippen molar-refractivity contribution in [2.45, 2.75) is 6.42 Å². The van der Waals surface area contributed by atoms with Crippen LogP contribution in [0.3, 0.4) is 0 Å². The largest absolute Gasteiger partial charge is 0.325 e. The van der Waals surface area contributed by atoms with E-state index in [1.54, 1.807) is 0 Å². The van der Waals surface area contributed by atoms with Gasteiger partial charge in [-0.1, -0.05) is 0 Å². The maximum Gasteiger partial charge on any atom is 0.238 e. The first-order valence-corrected chi connectivity index (χ1v) is 7.97. The van der Waals surface area contributed by atoms with Crippen LogP contribution in [0.4, 0.5) is 10.1 Å². The zero-order valence-electron chi connectivity index (χ0n) is 11.1. The van der Waals surface area contributed by atoms with Crippen LogP contribution >= 0.6 is 0 Å². The summed E-state index contributed by atoms with van der Waals surface area (Å²) in [5.74, 6) is -0.604. The first kappa shape index (κ1) is 16.5. The maximum absolute atomic E-state index is 12.7. The quantitative estimate of drug-likeness (QED) is 0.603. The highest BCUT2D eigenvalue weighted by Crippen LogP contribution is 2.07. The van der Waals surface area contributed by atoms with E-state index in [0.717, 1.165) is 6.26 Å². The van der Waals surface area contributed by atoms with Gasteiger partial charge in [0.2, 0.25) is 15.9 Å². The zero-order chi connectivity index (χ0) is 15.0. The standard InChI is InChI=1S/C12H18FN3O3S/c1-20(18,19)15-8-2-7-14-9-12(17)16-11-5-3-10(13)4-6-11/h3-6,14-15H,2,7-9H2,1H3,(H,16,17). The van der Waals surface area contributed by atoms with Crippen molar-refractivity contribution >= 4 is 21.6 Å². The number of sulfonamides is 1. The molecule has 0 saturated heterocycles. The van der Waals surface area contributed by atoms with Gasteiger partial charge >= 0.3 is 0 Å². The minimum absolute atomic E-state index is 0.107. The van der Waals surface area contributed by atoms with Gasteiger partial charge < -0.3 is 10.6 Å². The van der Waals surface area contributed by atoms with Gasteiger partial charge in [0.05, 0.1) is 12.8 Å². The Bertz CT molecular complexity index is 531. The number of rotatable bonds is 8. The lowest BCUT2D eigenvalue weighted by Gasteiger charge is -2.07. The summed E-state index contributed by atoms with van der Waals surface area (Å²) >= 11 is 0. The summed E-state index contributed by atoms with van der Waals surface area (Å²) in [4.78, 5) is 11.5. The minimum Gasteiger partial charge on any atom is -0.325 e. The maximum atomic E-state index is 12.7. The smallest absolute Gasteiger partial charge is 0.238 e. The second-order valence-electron chi connectivity index (χ2n) is 4.25. The van der Waals surface area contributed by atoms with Crippen molar-refractivity contribution in [3.63, 3.8) is 0 Å². The number of carbonyl (C=O) groups excluding carboxylic acids is 1. The molecule has 0 radical (unpaired) electrons. The molecule has 0 spiro atoms. The van der Waals surface area contributed by atoms with E-state index in [-0.39, 0.29) is 18.3 Å². The van der Waals surface area contributed by atoms with Crippen molar-refractivity contribution in [3.05, 3.63) is 30.1 Å². The molecule has 0 saturated carbocycles. The highest BCUT2D eigenvalue weighted by Gasteiger charge is 2.02. The minimum atomic E-state index is -3.16. The molecule has 112 valence electrons. The summed E-state index contributed by atoms with van der Waals surface area (Å²) in [7, 11) is -3.16. The van der Waals surface area contributed by atoms with Crippen LogP contribution in [0.2, 0.25) is 0 Å². The number of amides is 1. The molecule has 1 rings (SSSR count). The van der Waals surface area contributed by atoms with Crippen molar-refractivity contribution < 1.29 is 17.6 Å². The third-order valence-electron chi connectivity index (χ3n) is 2.31. The fourth-order valence-corrected chi connectivity index (χ4v) is 1.93. The number of hydrogen-bond donors (Lipinski definition) is 3. The number of benzene rings is 1. The molecule has 1 amide bonds. The Hall–Kier alpha value is -1.51. The van der Waals surface area contributed by atoms with E-state index in [0.29, 0.717) is 25.2 Å². The van der Waals surface area contributed by atoms with Crippen LogP contribution in [0.1, 0.15) is 6.42 Å². The summed E-state index contributed by atoms with van der Waals surface area (Å²) < 4.78 is 36.6. The molecule has 0 bridgehead atoms. The Balaban J connectivity index is 2.13. The molecule has 0 aliphatic carbocycles. The molecule has 8 heteroatoms. The van der Waals surface area contributed by atoms with Gasteiger partial charge in [-0.3, -0.25) is 4.79 Å². The fourth-order valence-electron chi connectivity index (χ4n) is 1.41. The lowest BCUT2D eigenvalue weighted by atomic mass is 10.3. The van der Waals surface area contributed by atoms with Crippen molar-refractivity contribution in [2.75, 3.05) is 31.2 Å². The average molecular weight is 303 g/mol. The Morgan fingerprint density at radius 1 is 1.20 bits per heavy atom. The monoisotopic (exact) mass is 303 g/mol. The van der Waals surface area contributed by atoms with E-state index in [4.69, 9.17) is 0 Å². The zero-order valence-corrected chi connectivity index (χ0v) is 12.0. The van der Waals surface area contributed by atoms with Crippen molar-refractivity contribution in [1.82, 2.24) is 10.0 Å². The van der Waals surface area contributed by atoms with E-state index in [2.05, 4.69) is 15.4 Å². The number of nitrogens with one attached hydrogen (secondary N) is 3. The second kappa shape index (κ2) is 7.93. The number of anilines is 1. The first-order valence-electron chi connectivity index (χ1n) is 6.07. The van der Waals surface area contributed by atoms with E-state index in [1.807, 2.05) is 0 Å². The first-order chi connectivity index (χ1) is 9.37. The molecular formula is C12H18FN3O3S. The molecule has 0 unspecified atom stereocenters. The van der Waals surface area contributed by atoms with Crippen LogP contribution < -0.4 is 15.4 Å². The average Bonchev–Trinajstić information content (AvgIpc) is 2.35. The molecule has 0 atom stereocenters. The van der Waals surface area contributed by atoms with Gasteiger partial charge in [-0.25, -0.2) is 17.5 Å². The normalized spacial score (nSPS) is 11.3. The highest BCUT2D eigenvalue weighted by molar-refractivity contribution is 7.88. The summed E-state index contributed by atoms with van der Waals surface area (Å²) in [6, 6.07) is 5.48. The van der Waals surface area contributed by atoms with Crippen LogP contribution in [-0.4, -0.2) is 40.2 Å². The van der Waals surface area contributed by atoms with Crippen LogP contribution in [0.5, 0.6) is 0 Å². The number of carbonyl (C=O) groups is 1. The van der Waals surface area contributed by atoms with Gasteiger partial charge in [0.15, 0.2) is 0 Å². The predicted molar refractivity (Wildman–Crippen MR) is 75.4 cm³/mol. The lowest BCUT2D eigenvalue weighted by Crippen LogP contribution is -2.31. The number of hydrogen-bond acceptors (Lipinski definition) is 4. The summed E-state index contributed by atoms with van der Waals surface area (Å²) in [6.45, 7) is 0.945. The molecule has 1 aromatic carbocycles. The topological polar surface area (TPSA) is 87.3 Å². The predicted octanol–water partition coefficient (Wildman–Crippen LogP) is 0.293. The Kier molecular flexibility index (Phi) is 6.56. The van der Waals surface area contributed by atoms with E-state index >= 15 is 0 Å². The number of halogens is 1. The molecule has 0 aromatic heterocycles. The van der Waals surface area contributed by atoms with E-state index < -0.39 is 10.0 Å². The summed E-state index contributed by atoms with van der Waals surface area (Å²) in [6.07, 6.45) is 1.67. The highest BCUT2D eigenvalue weighted by atomic mass is 32.2. The summed E-state index contributed by atoms with van der Waals surface area (Å²) in [5, 5.41) is 5.49. The van der Waals surface area contributed by atoms with E-state index in [9.17, 15) is 17.6 Å². The molecular weight excluding hydrogens is 285 g/mol. The molecule has 0 aliphatic rings. The summed E-state index contributed by atoms with van der Waals surface area (Å²) in [5.41, 5.74) is 0.525. The fraction of sp³-hybridized carbons (Fsp3) is 0.417. The van der Waals surface area contributed by atoms with Crippen molar-refractivity contribution in [2.24, 2.45) is 0 Å². The SMILES string of the molecule is CS(=O)(=O)NCCCNCC(=O)Nc1ccc(F)cc1. The van der Waals surface area contributed by atoms with Gasteiger partial charge in [0, 0.05) is 12.2 Å². The van der Waals surface area contributed by atoms with Gasteiger partial charge in [-0.2, -0.15) is 0 Å². The van der Waals surface area contributed by atoms with Gasteiger partial charge in [0.25, 0.3) is 0 Å². The van der Waals surface area contributed by atoms with Crippen molar-refractivity contribution in [1.29, 1.82) is 0 Å². The van der Waals surface area contributed by atoms with Crippen LogP contribution in [0, 0.1) is 5.82 Å². The molecule has 20 heavy (non-hydrogen) atoms. The lowest BCUT2D eigenvalue weighted by molar-refractivity contribution is -0.115. The Morgan fingerprint density at radius 3 is 2.45 bits per heavy atom. The van der Waals surface area contributed by atoms with Crippen LogP contribution in [0.15, 0.2) is 24.3 Å². The van der Waals surface area contributed by atoms with Gasteiger partial charge in [-0.15, -0.1) is 0 Å².